The summed E-state index contributed by atoms with van der Waals surface area (Å²) in [6.45, 7) is 9.27. The average molecular weight is 711 g/mol. The molecule has 1 saturated carbocycles. The Kier molecular flexibility index (Phi) is 9.31. The van der Waals surface area contributed by atoms with E-state index < -0.39 is 20.3 Å². The maximum absolute atomic E-state index is 2.95. The molecule has 0 spiro atoms. The number of benzene rings is 4. The van der Waals surface area contributed by atoms with Gasteiger partial charge in [0.2, 0.25) is 0 Å². The smallest absolute Gasteiger partial charge is 1.00 e. The van der Waals surface area contributed by atoms with Gasteiger partial charge >= 0.3 is 265 Å². The molecule has 0 bridgehead atoms. The van der Waals surface area contributed by atoms with Gasteiger partial charge in [-0.05, 0) is 0 Å². The van der Waals surface area contributed by atoms with Crippen LogP contribution in [0.1, 0.15) is 93.0 Å². The van der Waals surface area contributed by atoms with E-state index in [-0.39, 0.29) is 24.8 Å². The van der Waals surface area contributed by atoms with E-state index in [0.29, 0.717) is 7.25 Å². The van der Waals surface area contributed by atoms with Gasteiger partial charge in [-0.3, -0.25) is 0 Å². The molecule has 4 aliphatic rings. The molecule has 0 N–H and O–H groups in total. The first kappa shape index (κ1) is 32.8. The number of allylic oxidation sites excluding steroid dienone is 2. The minimum atomic E-state index is -2.95. The summed E-state index contributed by atoms with van der Waals surface area (Å²) in [7, 11) is 0. The molecule has 1 aliphatic heterocycles. The van der Waals surface area contributed by atoms with E-state index >= 15 is 0 Å². The van der Waals surface area contributed by atoms with Crippen LogP contribution in [0.4, 0.5) is 0 Å². The third-order valence-corrected chi connectivity index (χ3v) is 28.8. The molecule has 2 fully saturated rings. The Balaban J connectivity index is 0.00000179. The van der Waals surface area contributed by atoms with Crippen molar-refractivity contribution in [3.63, 3.8) is 0 Å². The van der Waals surface area contributed by atoms with E-state index in [4.69, 9.17) is 0 Å². The molecular formula is C42H44Cl2Zr. The van der Waals surface area contributed by atoms with E-state index in [1.54, 1.807) is 33.4 Å². The van der Waals surface area contributed by atoms with Crippen molar-refractivity contribution in [2.45, 2.75) is 80.7 Å². The number of fused-ring (bicyclic) bond motifs is 3. The summed E-state index contributed by atoms with van der Waals surface area (Å²) < 4.78 is 3.46. The predicted octanol–water partition coefficient (Wildman–Crippen LogP) is 6.36. The number of hydrogen-bond acceptors (Lipinski definition) is 0. The zero-order valence-electron chi connectivity index (χ0n) is 27.0. The fourth-order valence-electron chi connectivity index (χ4n) is 9.93. The molecular weight excluding hydrogens is 667 g/mol. The summed E-state index contributed by atoms with van der Waals surface area (Å²) in [5.41, 5.74) is 18.3. The predicted molar refractivity (Wildman–Crippen MR) is 181 cm³/mol. The van der Waals surface area contributed by atoms with Gasteiger partial charge in [-0.15, -0.1) is 0 Å². The minimum absolute atomic E-state index is 0. The van der Waals surface area contributed by atoms with Crippen molar-refractivity contribution in [3.05, 3.63) is 129 Å². The summed E-state index contributed by atoms with van der Waals surface area (Å²) >= 11 is -2.95. The first-order chi connectivity index (χ1) is 21.1. The van der Waals surface area contributed by atoms with E-state index in [2.05, 4.69) is 125 Å². The Morgan fingerprint density at radius 3 is 1.33 bits per heavy atom. The van der Waals surface area contributed by atoms with Crippen LogP contribution in [-0.2, 0) is 20.3 Å². The van der Waals surface area contributed by atoms with Gasteiger partial charge in [0, 0.05) is 0 Å². The van der Waals surface area contributed by atoms with Crippen LogP contribution in [0.5, 0.6) is 0 Å². The first-order valence-electron chi connectivity index (χ1n) is 16.9. The van der Waals surface area contributed by atoms with Gasteiger partial charge in [-0.2, -0.15) is 0 Å². The summed E-state index contributed by atoms with van der Waals surface area (Å²) in [6, 6.07) is 33.1. The van der Waals surface area contributed by atoms with Crippen molar-refractivity contribution >= 4 is 12.2 Å². The molecule has 0 amide bonds. The third-order valence-electron chi connectivity index (χ3n) is 11.8. The molecule has 0 nitrogen and oxygen atoms in total. The third kappa shape index (κ3) is 5.03. The molecule has 8 rings (SSSR count). The van der Waals surface area contributed by atoms with Gasteiger partial charge in [0.1, 0.15) is 0 Å². The molecule has 0 radical (unpaired) electrons. The van der Waals surface area contributed by atoms with Crippen LogP contribution in [0, 0.1) is 13.8 Å². The second-order valence-electron chi connectivity index (χ2n) is 13.9. The Morgan fingerprint density at radius 1 is 0.556 bits per heavy atom. The Morgan fingerprint density at radius 2 is 0.956 bits per heavy atom. The van der Waals surface area contributed by atoms with E-state index in [0.717, 1.165) is 7.25 Å². The minimum Gasteiger partial charge on any atom is -1.00 e. The van der Waals surface area contributed by atoms with Crippen molar-refractivity contribution < 1.29 is 45.1 Å². The quantitative estimate of drug-likeness (QED) is 0.219. The van der Waals surface area contributed by atoms with Crippen LogP contribution in [0.3, 0.4) is 0 Å². The summed E-state index contributed by atoms with van der Waals surface area (Å²) in [5.74, 6) is 0. The molecule has 3 aliphatic carbocycles. The van der Waals surface area contributed by atoms with Gasteiger partial charge in [0.05, 0.1) is 0 Å². The molecule has 1 heterocycles. The number of hydrogen-bond donors (Lipinski definition) is 0. The second-order valence-corrected chi connectivity index (χ2v) is 25.3. The number of aryl methyl sites for hydroxylation is 2. The summed E-state index contributed by atoms with van der Waals surface area (Å²) in [4.78, 5) is 0. The van der Waals surface area contributed by atoms with Crippen LogP contribution in [0.2, 0.25) is 7.25 Å². The molecule has 1 saturated heterocycles. The Bertz CT molecular complexity index is 1650. The van der Waals surface area contributed by atoms with Crippen LogP contribution in [0.25, 0.3) is 34.4 Å². The van der Waals surface area contributed by atoms with Gasteiger partial charge in [0.15, 0.2) is 0 Å². The van der Waals surface area contributed by atoms with Crippen molar-refractivity contribution in [1.29, 1.82) is 0 Å². The zero-order chi connectivity index (χ0) is 29.3. The fourth-order valence-corrected chi connectivity index (χ4v) is 33.4. The molecule has 230 valence electrons. The molecule has 3 heteroatoms. The number of halogens is 2. The fraction of sp³-hybridized carbons (Fsp3) is 0.333. The second kappa shape index (κ2) is 12.8. The molecule has 4 aromatic carbocycles. The van der Waals surface area contributed by atoms with Gasteiger partial charge in [0.25, 0.3) is 0 Å². The Hall–Kier alpha value is -2.18. The van der Waals surface area contributed by atoms with Crippen molar-refractivity contribution in [3.8, 4) is 22.3 Å². The maximum atomic E-state index is 2.67. The SMILES string of the molecule is CCC1=Cc2c(-c3ccc(C)cc3)cccc2[CH]1[Zr+2]1([CH]2C(CC)=Cc3c(-c4ccc(C)cc4)cccc32)[CH]2CCCC[CH]21.[Cl-].[Cl-]. The largest absolute Gasteiger partial charge is 1.00 e. The van der Waals surface area contributed by atoms with Crippen LogP contribution >= 0.6 is 0 Å². The molecule has 0 aromatic heterocycles. The monoisotopic (exact) mass is 708 g/mol. The van der Waals surface area contributed by atoms with E-state index in [9.17, 15) is 0 Å². The standard InChI is InChI=1S/2C18H17.C6H10.2ClH.Zr/c2*1-3-14-11-16-5-4-6-17(18(16)12-14)15-9-7-13(2)8-10-15;1-2-4-6-5-3-1;;;/h2*4-12H,3H2,1-2H3;1-2H,3-6H2;2*1H;/q;;;;;+2/p-2. The van der Waals surface area contributed by atoms with E-state index in [1.165, 1.54) is 71.9 Å². The maximum Gasteiger partial charge on any atom is -1.00 e. The Labute approximate surface area is 287 Å². The first-order valence-corrected chi connectivity index (χ1v) is 22.5. The normalized spacial score (nSPS) is 24.2. The van der Waals surface area contributed by atoms with Gasteiger partial charge in [-0.25, -0.2) is 0 Å². The van der Waals surface area contributed by atoms with Gasteiger partial charge < -0.3 is 24.8 Å². The summed E-state index contributed by atoms with van der Waals surface area (Å²) in [6.07, 6.45) is 13.6. The van der Waals surface area contributed by atoms with Crippen molar-refractivity contribution in [2.75, 3.05) is 0 Å². The molecule has 45 heavy (non-hydrogen) atoms. The topological polar surface area (TPSA) is 0 Å². The van der Waals surface area contributed by atoms with Crippen LogP contribution < -0.4 is 24.8 Å². The van der Waals surface area contributed by atoms with Crippen LogP contribution in [0.15, 0.2) is 96.1 Å². The van der Waals surface area contributed by atoms with Crippen LogP contribution in [-0.4, -0.2) is 0 Å². The zero-order valence-corrected chi connectivity index (χ0v) is 31.0. The number of rotatable bonds is 6. The molecule has 4 atom stereocenters. The van der Waals surface area contributed by atoms with Crippen molar-refractivity contribution in [2.24, 2.45) is 0 Å². The van der Waals surface area contributed by atoms with Crippen molar-refractivity contribution in [1.82, 2.24) is 0 Å². The van der Waals surface area contributed by atoms with Gasteiger partial charge in [-0.1, -0.05) is 0 Å². The molecule has 4 unspecified atom stereocenters. The molecule has 4 aromatic rings. The summed E-state index contributed by atoms with van der Waals surface area (Å²) in [5, 5.41) is 0. The average Bonchev–Trinajstić information content (AvgIpc) is 3.32. The van der Waals surface area contributed by atoms with E-state index in [1.807, 2.05) is 0 Å².